The van der Waals surface area contributed by atoms with Crippen molar-refractivity contribution in [2.75, 3.05) is 24.6 Å². The van der Waals surface area contributed by atoms with Gasteiger partial charge in [0.1, 0.15) is 0 Å². The number of aromatic nitrogens is 3. The lowest BCUT2D eigenvalue weighted by atomic mass is 10.1. The van der Waals surface area contributed by atoms with Crippen LogP contribution in [0.5, 0.6) is 0 Å². The molecule has 3 aromatic rings. The van der Waals surface area contributed by atoms with Gasteiger partial charge in [-0.15, -0.1) is 0 Å². The normalized spacial score (nSPS) is 10.8. The summed E-state index contributed by atoms with van der Waals surface area (Å²) in [4.78, 5) is 33.4. The van der Waals surface area contributed by atoms with E-state index >= 15 is 0 Å². The molecule has 1 aromatic carbocycles. The van der Waals surface area contributed by atoms with Crippen LogP contribution in [0, 0.1) is 25.5 Å². The molecular formula is C22H24F2N6O2. The second-order valence-corrected chi connectivity index (χ2v) is 7.31. The molecule has 4 N–H and O–H groups in total. The van der Waals surface area contributed by atoms with Crippen LogP contribution in [0.25, 0.3) is 5.82 Å². The molecule has 0 unspecified atom stereocenters. The minimum atomic E-state index is -0.921. The van der Waals surface area contributed by atoms with Gasteiger partial charge in [0, 0.05) is 31.2 Å². The fourth-order valence-electron chi connectivity index (χ4n) is 3.21. The summed E-state index contributed by atoms with van der Waals surface area (Å²) in [5.41, 5.74) is 8.31. The van der Waals surface area contributed by atoms with E-state index in [1.807, 2.05) is 0 Å². The summed E-state index contributed by atoms with van der Waals surface area (Å²) >= 11 is 0. The summed E-state index contributed by atoms with van der Waals surface area (Å²) in [7, 11) is 1.55. The van der Waals surface area contributed by atoms with Gasteiger partial charge in [-0.25, -0.2) is 18.7 Å². The summed E-state index contributed by atoms with van der Waals surface area (Å²) in [6.07, 6.45) is 2.00. The van der Waals surface area contributed by atoms with Gasteiger partial charge in [-0.2, -0.15) is 0 Å². The Morgan fingerprint density at radius 3 is 2.62 bits per heavy atom. The number of carbonyl (C=O) groups excluding carboxylic acids is 1. The number of halogens is 2. The van der Waals surface area contributed by atoms with Crippen LogP contribution in [0.1, 0.15) is 22.5 Å². The first-order valence-corrected chi connectivity index (χ1v) is 9.94. The summed E-state index contributed by atoms with van der Waals surface area (Å²) in [6.45, 7) is 3.72. The summed E-state index contributed by atoms with van der Waals surface area (Å²) in [5, 5.41) is 5.48. The molecule has 32 heavy (non-hydrogen) atoms. The van der Waals surface area contributed by atoms with Crippen LogP contribution in [0.15, 0.2) is 35.3 Å². The van der Waals surface area contributed by atoms with Gasteiger partial charge >= 0.3 is 0 Å². The molecule has 0 atom stereocenters. The minimum absolute atomic E-state index is 0.0754. The van der Waals surface area contributed by atoms with Crippen LogP contribution in [-0.4, -0.2) is 34.0 Å². The van der Waals surface area contributed by atoms with Crippen molar-refractivity contribution in [3.63, 3.8) is 0 Å². The maximum absolute atomic E-state index is 13.4. The summed E-state index contributed by atoms with van der Waals surface area (Å²) < 4.78 is 27.8. The number of anilines is 2. The number of hydrogen-bond donors (Lipinski definition) is 3. The van der Waals surface area contributed by atoms with Crippen LogP contribution in [0.3, 0.4) is 0 Å². The highest BCUT2D eigenvalue weighted by Gasteiger charge is 2.16. The number of aryl methyl sites for hydroxylation is 2. The van der Waals surface area contributed by atoms with Crippen molar-refractivity contribution in [2.24, 2.45) is 0 Å². The molecule has 0 bridgehead atoms. The Morgan fingerprint density at radius 2 is 1.94 bits per heavy atom. The molecule has 168 valence electrons. The molecule has 2 heterocycles. The van der Waals surface area contributed by atoms with Crippen LogP contribution >= 0.6 is 0 Å². The van der Waals surface area contributed by atoms with E-state index in [9.17, 15) is 18.4 Å². The number of pyridine rings is 1. The third-order valence-corrected chi connectivity index (χ3v) is 5.00. The Labute approximate surface area is 183 Å². The van der Waals surface area contributed by atoms with Gasteiger partial charge in [-0.05, 0) is 49.6 Å². The van der Waals surface area contributed by atoms with Crippen LogP contribution in [0.2, 0.25) is 0 Å². The van der Waals surface area contributed by atoms with Gasteiger partial charge in [0.15, 0.2) is 23.3 Å². The molecule has 0 saturated carbocycles. The number of benzene rings is 1. The molecule has 1 amide bonds. The highest BCUT2D eigenvalue weighted by Crippen LogP contribution is 2.20. The van der Waals surface area contributed by atoms with Gasteiger partial charge in [0.05, 0.1) is 12.1 Å². The molecular weight excluding hydrogens is 418 g/mol. The number of nitrogen functional groups attached to an aromatic ring is 1. The highest BCUT2D eigenvalue weighted by molar-refractivity contribution is 5.79. The van der Waals surface area contributed by atoms with E-state index in [1.54, 1.807) is 27.0 Å². The zero-order chi connectivity index (χ0) is 23.4. The molecule has 0 saturated heterocycles. The Bertz CT molecular complexity index is 1230. The third kappa shape index (κ3) is 4.90. The molecule has 0 radical (unpaired) electrons. The number of carbonyl (C=O) groups is 1. The average Bonchev–Trinajstić information content (AvgIpc) is 2.75. The van der Waals surface area contributed by atoms with E-state index in [4.69, 9.17) is 5.73 Å². The first-order valence-electron chi connectivity index (χ1n) is 9.94. The molecule has 10 heteroatoms. The van der Waals surface area contributed by atoms with E-state index < -0.39 is 17.2 Å². The number of nitrogens with one attached hydrogen (secondary N) is 2. The van der Waals surface area contributed by atoms with Gasteiger partial charge in [0.25, 0.3) is 5.56 Å². The number of hydrogen-bond acceptors (Lipinski definition) is 6. The van der Waals surface area contributed by atoms with Crippen LogP contribution in [-0.2, 0) is 17.6 Å². The van der Waals surface area contributed by atoms with Crippen molar-refractivity contribution in [2.45, 2.75) is 26.7 Å². The van der Waals surface area contributed by atoms with Gasteiger partial charge in [0.2, 0.25) is 5.91 Å². The molecule has 2 aromatic heterocycles. The van der Waals surface area contributed by atoms with E-state index in [2.05, 4.69) is 20.6 Å². The largest absolute Gasteiger partial charge is 0.396 e. The molecule has 0 aliphatic heterocycles. The Balaban J connectivity index is 1.86. The quantitative estimate of drug-likeness (QED) is 0.516. The fraction of sp³-hybridized carbons (Fsp3) is 0.273. The van der Waals surface area contributed by atoms with E-state index in [1.165, 1.54) is 16.8 Å². The Kier molecular flexibility index (Phi) is 6.82. The average molecular weight is 442 g/mol. The molecule has 0 fully saturated rings. The summed E-state index contributed by atoms with van der Waals surface area (Å²) in [5.74, 6) is -1.68. The van der Waals surface area contributed by atoms with Crippen molar-refractivity contribution in [1.29, 1.82) is 0 Å². The second kappa shape index (κ2) is 9.54. The van der Waals surface area contributed by atoms with Gasteiger partial charge in [-0.1, -0.05) is 6.07 Å². The highest BCUT2D eigenvalue weighted by atomic mass is 19.2. The maximum Gasteiger partial charge on any atom is 0.299 e. The SMILES string of the molecule is CNC(=O)Cc1cc(N)c(-n2c(C)cnc(NCCc3ccc(F)c(F)c3)c2=O)nc1C. The van der Waals surface area contributed by atoms with Gasteiger partial charge < -0.3 is 16.4 Å². The smallest absolute Gasteiger partial charge is 0.299 e. The summed E-state index contributed by atoms with van der Waals surface area (Å²) in [6, 6.07) is 5.29. The first kappa shape index (κ1) is 22.9. The zero-order valence-electron chi connectivity index (χ0n) is 18.0. The molecule has 0 aliphatic rings. The fourth-order valence-corrected chi connectivity index (χ4v) is 3.21. The predicted octanol–water partition coefficient (Wildman–Crippen LogP) is 2.05. The lowest BCUT2D eigenvalue weighted by Crippen LogP contribution is -2.28. The topological polar surface area (TPSA) is 115 Å². The number of nitrogens with two attached hydrogens (primary N) is 1. The number of amides is 1. The minimum Gasteiger partial charge on any atom is -0.396 e. The van der Waals surface area contributed by atoms with Crippen molar-refractivity contribution < 1.29 is 13.6 Å². The number of rotatable bonds is 7. The molecule has 3 rings (SSSR count). The van der Waals surface area contributed by atoms with Crippen LogP contribution < -0.4 is 21.9 Å². The van der Waals surface area contributed by atoms with E-state index in [0.717, 1.165) is 12.1 Å². The number of nitrogens with zero attached hydrogens (tertiary/aromatic N) is 3. The standard InChI is InChI=1S/C22H24F2N6O2/c1-12-11-28-20(27-7-6-14-4-5-16(23)17(24)8-14)22(32)30(12)21-18(25)9-15(13(2)29-21)10-19(31)26-3/h4-5,8-9,11H,6-7,10,25H2,1-3H3,(H,26,31)(H,27,28). The van der Waals surface area contributed by atoms with E-state index in [-0.39, 0.29) is 36.2 Å². The Morgan fingerprint density at radius 1 is 1.19 bits per heavy atom. The maximum atomic E-state index is 13.4. The van der Waals surface area contributed by atoms with Crippen LogP contribution in [0.4, 0.5) is 20.3 Å². The van der Waals surface area contributed by atoms with Crippen molar-refractivity contribution in [1.82, 2.24) is 19.9 Å². The van der Waals surface area contributed by atoms with Crippen molar-refractivity contribution >= 4 is 17.4 Å². The Hall–Kier alpha value is -3.82. The lowest BCUT2D eigenvalue weighted by molar-refractivity contribution is -0.119. The van der Waals surface area contributed by atoms with Crippen molar-refractivity contribution in [3.8, 4) is 5.82 Å². The molecule has 0 spiro atoms. The number of likely N-dealkylation sites (N-methyl/N-ethyl adjacent to an activating group) is 1. The van der Waals surface area contributed by atoms with Crippen molar-refractivity contribution in [3.05, 3.63) is 75.0 Å². The lowest BCUT2D eigenvalue weighted by Gasteiger charge is -2.15. The first-order chi connectivity index (χ1) is 15.2. The zero-order valence-corrected chi connectivity index (χ0v) is 18.0. The molecule has 8 nitrogen and oxygen atoms in total. The molecule has 0 aliphatic carbocycles. The second-order valence-electron chi connectivity index (χ2n) is 7.31. The third-order valence-electron chi connectivity index (χ3n) is 5.00. The van der Waals surface area contributed by atoms with Gasteiger partial charge in [-0.3, -0.25) is 14.2 Å². The van der Waals surface area contributed by atoms with E-state index in [0.29, 0.717) is 28.9 Å². The predicted molar refractivity (Wildman–Crippen MR) is 118 cm³/mol. The monoisotopic (exact) mass is 442 g/mol.